The van der Waals surface area contributed by atoms with Crippen molar-refractivity contribution in [3.05, 3.63) is 110 Å². The van der Waals surface area contributed by atoms with Crippen LogP contribution in [-0.4, -0.2) is 27.5 Å². The van der Waals surface area contributed by atoms with Crippen molar-refractivity contribution in [1.82, 2.24) is 0 Å². The standard InChI is InChI=1S/C25H17ClN2O6/c1-14(29)15-7-11-19(12-8-15)27-22(17-3-2-4-20(13-17)28(33)34)21(24(31)25(27)32)23(30)16-5-9-18(26)10-6-16/h2-13,22,30H,1H3/t22-/m0/s1. The average Bonchev–Trinajstić information content (AvgIpc) is 3.09. The molecule has 4 rings (SSSR count). The Bertz CT molecular complexity index is 1360. The normalized spacial score (nSPS) is 17.1. The number of nitro groups is 1. The van der Waals surface area contributed by atoms with Gasteiger partial charge in [-0.15, -0.1) is 0 Å². The van der Waals surface area contributed by atoms with Crippen LogP contribution in [0.4, 0.5) is 11.4 Å². The number of carbonyl (C=O) groups is 3. The molecular weight excluding hydrogens is 460 g/mol. The zero-order chi connectivity index (χ0) is 24.6. The van der Waals surface area contributed by atoms with E-state index in [9.17, 15) is 29.6 Å². The fourth-order valence-electron chi connectivity index (χ4n) is 3.84. The first-order valence-corrected chi connectivity index (χ1v) is 10.5. The van der Waals surface area contributed by atoms with E-state index >= 15 is 0 Å². The number of hydrogen-bond acceptors (Lipinski definition) is 6. The number of nitrogens with zero attached hydrogens (tertiary/aromatic N) is 2. The molecule has 1 saturated heterocycles. The molecule has 3 aromatic rings. The van der Waals surface area contributed by atoms with E-state index in [1.54, 1.807) is 0 Å². The lowest BCUT2D eigenvalue weighted by Gasteiger charge is -2.25. The number of rotatable bonds is 5. The van der Waals surface area contributed by atoms with Gasteiger partial charge < -0.3 is 5.11 Å². The Balaban J connectivity index is 1.94. The summed E-state index contributed by atoms with van der Waals surface area (Å²) in [6.07, 6.45) is 0. The maximum Gasteiger partial charge on any atom is 0.300 e. The molecule has 1 heterocycles. The lowest BCUT2D eigenvalue weighted by atomic mass is 9.94. The first kappa shape index (κ1) is 22.9. The van der Waals surface area contributed by atoms with Crippen molar-refractivity contribution in [2.45, 2.75) is 13.0 Å². The van der Waals surface area contributed by atoms with E-state index in [0.717, 1.165) is 4.90 Å². The van der Waals surface area contributed by atoms with Crippen LogP contribution in [0.15, 0.2) is 78.4 Å². The van der Waals surface area contributed by atoms with E-state index in [-0.39, 0.29) is 28.2 Å². The van der Waals surface area contributed by atoms with Crippen molar-refractivity contribution in [3.8, 4) is 0 Å². The van der Waals surface area contributed by atoms with Crippen LogP contribution in [0.3, 0.4) is 0 Å². The van der Waals surface area contributed by atoms with Gasteiger partial charge in [-0.3, -0.25) is 29.4 Å². The van der Waals surface area contributed by atoms with E-state index in [0.29, 0.717) is 16.3 Å². The number of nitro benzene ring substituents is 1. The molecule has 1 aliphatic rings. The van der Waals surface area contributed by atoms with Crippen molar-refractivity contribution in [3.63, 3.8) is 0 Å². The molecule has 0 radical (unpaired) electrons. The molecule has 0 bridgehead atoms. The van der Waals surface area contributed by atoms with Crippen LogP contribution >= 0.6 is 11.6 Å². The number of anilines is 1. The summed E-state index contributed by atoms with van der Waals surface area (Å²) in [4.78, 5) is 49.9. The van der Waals surface area contributed by atoms with Gasteiger partial charge in [0, 0.05) is 34.0 Å². The summed E-state index contributed by atoms with van der Waals surface area (Å²) in [6, 6.07) is 16.5. The lowest BCUT2D eigenvalue weighted by Crippen LogP contribution is -2.29. The number of aliphatic hydroxyl groups is 1. The Morgan fingerprint density at radius 3 is 2.21 bits per heavy atom. The Morgan fingerprint density at radius 2 is 1.62 bits per heavy atom. The molecule has 0 aromatic heterocycles. The maximum atomic E-state index is 13.1. The summed E-state index contributed by atoms with van der Waals surface area (Å²) in [5.74, 6) is -2.47. The third kappa shape index (κ3) is 4.06. The quantitative estimate of drug-likeness (QED) is 0.137. The number of aliphatic hydroxyl groups excluding tert-OH is 1. The number of halogens is 1. The molecule has 1 N–H and O–H groups in total. The number of ketones is 2. The molecule has 1 atom stereocenters. The molecule has 1 amide bonds. The van der Waals surface area contributed by atoms with E-state index < -0.39 is 28.4 Å². The van der Waals surface area contributed by atoms with Gasteiger partial charge in [-0.2, -0.15) is 0 Å². The second-order valence-electron chi connectivity index (χ2n) is 7.63. The van der Waals surface area contributed by atoms with E-state index in [2.05, 4.69) is 0 Å². The first-order chi connectivity index (χ1) is 16.2. The second kappa shape index (κ2) is 8.92. The molecule has 0 saturated carbocycles. The van der Waals surface area contributed by atoms with Gasteiger partial charge in [-0.05, 0) is 61.0 Å². The van der Waals surface area contributed by atoms with Crippen LogP contribution in [-0.2, 0) is 9.59 Å². The summed E-state index contributed by atoms with van der Waals surface area (Å²) < 4.78 is 0. The van der Waals surface area contributed by atoms with E-state index in [1.807, 2.05) is 0 Å². The summed E-state index contributed by atoms with van der Waals surface area (Å²) in [5.41, 5.74) is 0.765. The van der Waals surface area contributed by atoms with E-state index in [1.165, 1.54) is 79.7 Å². The highest BCUT2D eigenvalue weighted by Crippen LogP contribution is 2.42. The highest BCUT2D eigenvalue weighted by molar-refractivity contribution is 6.51. The number of hydrogen-bond donors (Lipinski definition) is 1. The molecule has 0 unspecified atom stereocenters. The average molecular weight is 477 g/mol. The molecule has 0 spiro atoms. The molecule has 9 heteroatoms. The largest absolute Gasteiger partial charge is 0.507 e. The molecular formula is C25H17ClN2O6. The molecule has 34 heavy (non-hydrogen) atoms. The first-order valence-electron chi connectivity index (χ1n) is 10.1. The summed E-state index contributed by atoms with van der Waals surface area (Å²) in [7, 11) is 0. The minimum absolute atomic E-state index is 0.174. The van der Waals surface area contributed by atoms with Crippen molar-refractivity contribution < 1.29 is 24.4 Å². The Hall–Kier alpha value is -4.30. The van der Waals surface area contributed by atoms with Crippen LogP contribution in [0.2, 0.25) is 5.02 Å². The third-order valence-corrected chi connectivity index (χ3v) is 5.76. The topological polar surface area (TPSA) is 118 Å². The van der Waals surface area contributed by atoms with Gasteiger partial charge >= 0.3 is 0 Å². The van der Waals surface area contributed by atoms with E-state index in [4.69, 9.17) is 11.6 Å². The highest BCUT2D eigenvalue weighted by atomic mass is 35.5. The van der Waals surface area contributed by atoms with Gasteiger partial charge in [0.2, 0.25) is 0 Å². The van der Waals surface area contributed by atoms with Crippen LogP contribution in [0, 0.1) is 10.1 Å². The molecule has 8 nitrogen and oxygen atoms in total. The van der Waals surface area contributed by atoms with Crippen LogP contribution in [0.25, 0.3) is 5.76 Å². The van der Waals surface area contributed by atoms with Crippen molar-refractivity contribution in [2.75, 3.05) is 4.90 Å². The summed E-state index contributed by atoms with van der Waals surface area (Å²) in [5, 5.41) is 22.8. The molecule has 3 aromatic carbocycles. The lowest BCUT2D eigenvalue weighted by molar-refractivity contribution is -0.384. The smallest absolute Gasteiger partial charge is 0.300 e. The summed E-state index contributed by atoms with van der Waals surface area (Å²) in [6.45, 7) is 1.40. The van der Waals surface area contributed by atoms with Gasteiger partial charge in [0.05, 0.1) is 16.5 Å². The SMILES string of the molecule is CC(=O)c1ccc(N2C(=O)C(=O)C(=C(O)c3ccc(Cl)cc3)[C@@H]2c2cccc([N+](=O)[O-])c2)cc1. The fraction of sp³-hybridized carbons (Fsp3) is 0.0800. The zero-order valence-corrected chi connectivity index (χ0v) is 18.5. The van der Waals surface area contributed by atoms with Crippen molar-refractivity contribution in [1.29, 1.82) is 0 Å². The number of amides is 1. The minimum Gasteiger partial charge on any atom is -0.507 e. The van der Waals surface area contributed by atoms with Gasteiger partial charge in [-0.25, -0.2) is 0 Å². The van der Waals surface area contributed by atoms with Crippen molar-refractivity contribution in [2.24, 2.45) is 0 Å². The van der Waals surface area contributed by atoms with Crippen LogP contribution in [0.1, 0.15) is 34.5 Å². The number of carbonyl (C=O) groups excluding carboxylic acids is 3. The molecule has 0 aliphatic carbocycles. The van der Waals surface area contributed by atoms with Crippen molar-refractivity contribution >= 4 is 46.2 Å². The van der Waals surface area contributed by atoms with Crippen LogP contribution < -0.4 is 4.90 Å². The van der Waals surface area contributed by atoms with Gasteiger partial charge in [-0.1, -0.05) is 23.7 Å². The Labute approximate surface area is 198 Å². The monoisotopic (exact) mass is 476 g/mol. The molecule has 1 fully saturated rings. The third-order valence-electron chi connectivity index (χ3n) is 5.51. The Kier molecular flexibility index (Phi) is 6.00. The fourth-order valence-corrected chi connectivity index (χ4v) is 3.97. The van der Waals surface area contributed by atoms with Crippen LogP contribution in [0.5, 0.6) is 0 Å². The maximum absolute atomic E-state index is 13.1. The number of Topliss-reactive ketones (excluding diaryl/α,β-unsaturated/α-hetero) is 2. The number of non-ortho nitro benzene ring substituents is 1. The Morgan fingerprint density at radius 1 is 1.00 bits per heavy atom. The minimum atomic E-state index is -1.14. The predicted octanol–water partition coefficient (Wildman–Crippen LogP) is 5.08. The molecule has 1 aliphatic heterocycles. The second-order valence-corrected chi connectivity index (χ2v) is 8.07. The van der Waals surface area contributed by atoms with Gasteiger partial charge in [0.1, 0.15) is 5.76 Å². The highest BCUT2D eigenvalue weighted by Gasteiger charge is 2.47. The molecule has 170 valence electrons. The van der Waals surface area contributed by atoms with Gasteiger partial charge in [0.15, 0.2) is 5.78 Å². The predicted molar refractivity (Wildman–Crippen MR) is 126 cm³/mol. The zero-order valence-electron chi connectivity index (χ0n) is 17.8. The number of benzene rings is 3. The van der Waals surface area contributed by atoms with Gasteiger partial charge in [0.25, 0.3) is 17.4 Å². The summed E-state index contributed by atoms with van der Waals surface area (Å²) >= 11 is 5.92.